The molecular formula is C21H23NO3. The molecule has 0 radical (unpaired) electrons. The highest BCUT2D eigenvalue weighted by Crippen LogP contribution is 2.29. The molecule has 1 aliphatic heterocycles. The van der Waals surface area contributed by atoms with Gasteiger partial charge in [-0.25, -0.2) is 4.79 Å². The molecular weight excluding hydrogens is 314 g/mol. The summed E-state index contributed by atoms with van der Waals surface area (Å²) >= 11 is 0. The second-order valence-electron chi connectivity index (χ2n) is 6.43. The van der Waals surface area contributed by atoms with E-state index in [1.807, 2.05) is 24.3 Å². The molecule has 0 N–H and O–H groups in total. The van der Waals surface area contributed by atoms with E-state index in [4.69, 9.17) is 4.74 Å². The van der Waals surface area contributed by atoms with Gasteiger partial charge in [-0.15, -0.1) is 0 Å². The van der Waals surface area contributed by atoms with Crippen LogP contribution in [0, 0.1) is 0 Å². The number of ketones is 1. The highest BCUT2D eigenvalue weighted by Gasteiger charge is 2.19. The minimum Gasteiger partial charge on any atom is -0.462 e. The van der Waals surface area contributed by atoms with Gasteiger partial charge in [0.15, 0.2) is 0 Å². The Hall–Kier alpha value is -2.62. The summed E-state index contributed by atoms with van der Waals surface area (Å²) < 4.78 is 5.34. The molecule has 0 bridgehead atoms. The van der Waals surface area contributed by atoms with Crippen LogP contribution in [-0.4, -0.2) is 31.4 Å². The van der Waals surface area contributed by atoms with E-state index in [2.05, 4.69) is 17.0 Å². The molecule has 0 spiro atoms. The Bertz CT molecular complexity index is 755. The number of hydrogen-bond donors (Lipinski definition) is 0. The van der Waals surface area contributed by atoms with Gasteiger partial charge >= 0.3 is 5.97 Å². The van der Waals surface area contributed by atoms with Crippen molar-refractivity contribution in [2.75, 3.05) is 24.6 Å². The third kappa shape index (κ3) is 4.47. The molecule has 1 aliphatic rings. The molecule has 3 rings (SSSR count). The van der Waals surface area contributed by atoms with Gasteiger partial charge in [0.05, 0.1) is 12.2 Å². The standard InChI is InChI=1S/C21H23NO3/c1-16(23)14-17-8-9-20-19(15-17)10-12-22(20)11-5-13-25-21(24)18-6-3-2-4-7-18/h2-4,6-9,15H,5,10-14H2,1H3. The Morgan fingerprint density at radius 2 is 1.92 bits per heavy atom. The minimum absolute atomic E-state index is 0.190. The smallest absolute Gasteiger partial charge is 0.338 e. The molecule has 25 heavy (non-hydrogen) atoms. The number of esters is 1. The van der Waals surface area contributed by atoms with Gasteiger partial charge in [0.25, 0.3) is 0 Å². The number of nitrogens with zero attached hydrogens (tertiary/aromatic N) is 1. The highest BCUT2D eigenvalue weighted by molar-refractivity contribution is 5.89. The lowest BCUT2D eigenvalue weighted by atomic mass is 10.0. The van der Waals surface area contributed by atoms with E-state index in [0.29, 0.717) is 18.6 Å². The van der Waals surface area contributed by atoms with Crippen molar-refractivity contribution in [3.63, 3.8) is 0 Å². The van der Waals surface area contributed by atoms with Crippen LogP contribution in [0.3, 0.4) is 0 Å². The summed E-state index contributed by atoms with van der Waals surface area (Å²) in [6.07, 6.45) is 2.31. The maximum atomic E-state index is 11.9. The van der Waals surface area contributed by atoms with Crippen LogP contribution in [0.4, 0.5) is 5.69 Å². The third-order valence-corrected chi connectivity index (χ3v) is 4.40. The van der Waals surface area contributed by atoms with Crippen molar-refractivity contribution in [1.29, 1.82) is 0 Å². The monoisotopic (exact) mass is 337 g/mol. The zero-order chi connectivity index (χ0) is 17.6. The van der Waals surface area contributed by atoms with Crippen LogP contribution < -0.4 is 4.90 Å². The van der Waals surface area contributed by atoms with Crippen molar-refractivity contribution in [1.82, 2.24) is 0 Å². The number of benzene rings is 2. The maximum absolute atomic E-state index is 11.9. The fraction of sp³-hybridized carbons (Fsp3) is 0.333. The van der Waals surface area contributed by atoms with Gasteiger partial charge in [0, 0.05) is 25.2 Å². The molecule has 0 amide bonds. The van der Waals surface area contributed by atoms with E-state index < -0.39 is 0 Å². The first kappa shape index (κ1) is 17.2. The van der Waals surface area contributed by atoms with Gasteiger partial charge in [-0.05, 0) is 49.1 Å². The van der Waals surface area contributed by atoms with Crippen molar-refractivity contribution in [3.05, 3.63) is 65.2 Å². The van der Waals surface area contributed by atoms with E-state index in [-0.39, 0.29) is 11.8 Å². The van der Waals surface area contributed by atoms with Crippen LogP contribution in [0.2, 0.25) is 0 Å². The highest BCUT2D eigenvalue weighted by atomic mass is 16.5. The molecule has 130 valence electrons. The van der Waals surface area contributed by atoms with Gasteiger partial charge in [0.1, 0.15) is 5.78 Å². The average Bonchev–Trinajstić information content (AvgIpc) is 3.01. The first-order valence-corrected chi connectivity index (χ1v) is 8.72. The van der Waals surface area contributed by atoms with Crippen molar-refractivity contribution < 1.29 is 14.3 Å². The summed E-state index contributed by atoms with van der Waals surface area (Å²) in [5.41, 5.74) is 4.22. The van der Waals surface area contributed by atoms with Crippen LogP contribution >= 0.6 is 0 Å². The number of anilines is 1. The summed E-state index contributed by atoms with van der Waals surface area (Å²) in [4.78, 5) is 25.5. The molecule has 0 atom stereocenters. The Kier molecular flexibility index (Phi) is 5.49. The topological polar surface area (TPSA) is 46.6 Å². The minimum atomic E-state index is -0.267. The predicted octanol–water partition coefficient (Wildman–Crippen LogP) is 3.43. The summed E-state index contributed by atoms with van der Waals surface area (Å²) in [5, 5.41) is 0. The summed E-state index contributed by atoms with van der Waals surface area (Å²) in [6.45, 7) is 3.88. The Morgan fingerprint density at radius 1 is 1.12 bits per heavy atom. The van der Waals surface area contributed by atoms with E-state index >= 15 is 0 Å². The van der Waals surface area contributed by atoms with Crippen LogP contribution in [0.15, 0.2) is 48.5 Å². The zero-order valence-electron chi connectivity index (χ0n) is 14.5. The van der Waals surface area contributed by atoms with E-state index in [0.717, 1.165) is 31.5 Å². The molecule has 2 aromatic rings. The Morgan fingerprint density at radius 3 is 2.68 bits per heavy atom. The molecule has 0 aliphatic carbocycles. The predicted molar refractivity (Wildman–Crippen MR) is 98.1 cm³/mol. The normalized spacial score (nSPS) is 12.8. The van der Waals surface area contributed by atoms with Crippen LogP contribution in [0.25, 0.3) is 0 Å². The average molecular weight is 337 g/mol. The maximum Gasteiger partial charge on any atom is 0.338 e. The first-order valence-electron chi connectivity index (χ1n) is 8.72. The molecule has 0 aromatic heterocycles. The van der Waals surface area contributed by atoms with Gasteiger partial charge < -0.3 is 9.64 Å². The fourth-order valence-corrected chi connectivity index (χ4v) is 3.23. The Labute approximate surface area is 148 Å². The SMILES string of the molecule is CC(=O)Cc1ccc2c(c1)CCN2CCCOC(=O)c1ccccc1. The second-order valence-corrected chi connectivity index (χ2v) is 6.43. The molecule has 0 saturated carbocycles. The second kappa shape index (κ2) is 7.97. The van der Waals surface area contributed by atoms with E-state index in [9.17, 15) is 9.59 Å². The number of rotatable bonds is 7. The lowest BCUT2D eigenvalue weighted by Gasteiger charge is -2.19. The van der Waals surface area contributed by atoms with Crippen molar-refractivity contribution >= 4 is 17.4 Å². The number of ether oxygens (including phenoxy) is 1. The van der Waals surface area contributed by atoms with Crippen molar-refractivity contribution in [3.8, 4) is 0 Å². The summed E-state index contributed by atoms with van der Waals surface area (Å²) in [6, 6.07) is 15.4. The number of fused-ring (bicyclic) bond motifs is 1. The molecule has 0 saturated heterocycles. The molecule has 0 unspecified atom stereocenters. The molecule has 1 heterocycles. The van der Waals surface area contributed by atoms with Crippen molar-refractivity contribution in [2.45, 2.75) is 26.2 Å². The molecule has 4 nitrogen and oxygen atoms in total. The molecule has 2 aromatic carbocycles. The summed E-state index contributed by atoms with van der Waals surface area (Å²) in [7, 11) is 0. The number of carbonyl (C=O) groups is 2. The fourth-order valence-electron chi connectivity index (χ4n) is 3.23. The quantitative estimate of drug-likeness (QED) is 0.574. The van der Waals surface area contributed by atoms with Crippen molar-refractivity contribution in [2.24, 2.45) is 0 Å². The summed E-state index contributed by atoms with van der Waals surface area (Å²) in [5.74, 6) is -0.0775. The van der Waals surface area contributed by atoms with Gasteiger partial charge in [-0.3, -0.25) is 4.79 Å². The molecule has 4 heteroatoms. The number of hydrogen-bond acceptors (Lipinski definition) is 4. The number of carbonyl (C=O) groups excluding carboxylic acids is 2. The zero-order valence-corrected chi connectivity index (χ0v) is 14.5. The number of Topliss-reactive ketones (excluding diaryl/α,β-unsaturated/α-hetero) is 1. The van der Waals surface area contributed by atoms with Gasteiger partial charge in [-0.1, -0.05) is 30.3 Å². The third-order valence-electron chi connectivity index (χ3n) is 4.40. The first-order chi connectivity index (χ1) is 12.1. The van der Waals surface area contributed by atoms with Crippen LogP contribution in [0.5, 0.6) is 0 Å². The van der Waals surface area contributed by atoms with Gasteiger partial charge in [-0.2, -0.15) is 0 Å². The molecule has 0 fully saturated rings. The van der Waals surface area contributed by atoms with Crippen LogP contribution in [-0.2, 0) is 22.4 Å². The van der Waals surface area contributed by atoms with E-state index in [1.54, 1.807) is 19.1 Å². The Balaban J connectivity index is 1.48. The van der Waals surface area contributed by atoms with Gasteiger partial charge in [0.2, 0.25) is 0 Å². The lowest BCUT2D eigenvalue weighted by Crippen LogP contribution is -2.23. The largest absolute Gasteiger partial charge is 0.462 e. The lowest BCUT2D eigenvalue weighted by molar-refractivity contribution is -0.116. The van der Waals surface area contributed by atoms with Crippen LogP contribution in [0.1, 0.15) is 34.8 Å². The van der Waals surface area contributed by atoms with E-state index in [1.165, 1.54) is 11.3 Å².